The standard InChI is InChI=1S/C15H14N2S2/c1-10-5-2-3-6-11(10)14-15(12-7-4-8-18-12)19-13(9-16)17-14/h2-8H,9,16H2,1H3. The van der Waals surface area contributed by atoms with Crippen molar-refractivity contribution in [3.8, 4) is 21.0 Å². The van der Waals surface area contributed by atoms with E-state index in [-0.39, 0.29) is 0 Å². The third kappa shape index (κ3) is 2.34. The third-order valence-corrected chi connectivity index (χ3v) is 5.12. The lowest BCUT2D eigenvalue weighted by atomic mass is 10.0. The zero-order chi connectivity index (χ0) is 13.2. The van der Waals surface area contributed by atoms with E-state index in [9.17, 15) is 0 Å². The van der Waals surface area contributed by atoms with Gasteiger partial charge in [-0.2, -0.15) is 0 Å². The summed E-state index contributed by atoms with van der Waals surface area (Å²) < 4.78 is 0. The van der Waals surface area contributed by atoms with Crippen LogP contribution in [0, 0.1) is 6.92 Å². The van der Waals surface area contributed by atoms with Gasteiger partial charge in [-0.3, -0.25) is 0 Å². The fourth-order valence-corrected chi connectivity index (χ4v) is 3.86. The molecule has 0 aliphatic heterocycles. The summed E-state index contributed by atoms with van der Waals surface area (Å²) in [5.74, 6) is 0. The second-order valence-electron chi connectivity index (χ2n) is 4.28. The van der Waals surface area contributed by atoms with Crippen LogP contribution in [0.1, 0.15) is 10.6 Å². The van der Waals surface area contributed by atoms with Crippen molar-refractivity contribution < 1.29 is 0 Å². The molecule has 2 aromatic heterocycles. The average molecular weight is 286 g/mol. The van der Waals surface area contributed by atoms with Crippen LogP contribution in [0.5, 0.6) is 0 Å². The van der Waals surface area contributed by atoms with E-state index < -0.39 is 0 Å². The van der Waals surface area contributed by atoms with Crippen LogP contribution in [0.4, 0.5) is 0 Å². The summed E-state index contributed by atoms with van der Waals surface area (Å²) in [4.78, 5) is 7.20. The van der Waals surface area contributed by atoms with Crippen molar-refractivity contribution in [2.45, 2.75) is 13.5 Å². The Kier molecular flexibility index (Phi) is 3.46. The summed E-state index contributed by atoms with van der Waals surface area (Å²) >= 11 is 3.44. The zero-order valence-corrected chi connectivity index (χ0v) is 12.2. The monoisotopic (exact) mass is 286 g/mol. The molecule has 0 fully saturated rings. The fourth-order valence-electron chi connectivity index (χ4n) is 2.05. The van der Waals surface area contributed by atoms with E-state index in [4.69, 9.17) is 10.7 Å². The number of nitrogens with two attached hydrogens (primary N) is 1. The minimum Gasteiger partial charge on any atom is -0.325 e. The summed E-state index contributed by atoms with van der Waals surface area (Å²) in [5.41, 5.74) is 9.25. The van der Waals surface area contributed by atoms with Crippen molar-refractivity contribution in [3.63, 3.8) is 0 Å². The third-order valence-electron chi connectivity index (χ3n) is 2.99. The number of nitrogens with zero attached hydrogens (tertiary/aromatic N) is 1. The molecule has 19 heavy (non-hydrogen) atoms. The highest BCUT2D eigenvalue weighted by atomic mass is 32.1. The van der Waals surface area contributed by atoms with E-state index in [1.165, 1.54) is 20.9 Å². The Balaban J connectivity index is 2.21. The number of hydrogen-bond donors (Lipinski definition) is 1. The quantitative estimate of drug-likeness (QED) is 0.779. The average Bonchev–Trinajstić information content (AvgIpc) is 3.08. The Morgan fingerprint density at radius 2 is 2.00 bits per heavy atom. The molecule has 0 aliphatic rings. The molecular weight excluding hydrogens is 272 g/mol. The largest absolute Gasteiger partial charge is 0.325 e. The second kappa shape index (κ2) is 5.25. The van der Waals surface area contributed by atoms with Crippen LogP contribution in [-0.2, 0) is 6.54 Å². The Morgan fingerprint density at radius 3 is 2.68 bits per heavy atom. The molecule has 96 valence electrons. The number of hydrogen-bond acceptors (Lipinski definition) is 4. The van der Waals surface area contributed by atoms with Crippen LogP contribution in [-0.4, -0.2) is 4.98 Å². The van der Waals surface area contributed by atoms with Gasteiger partial charge in [0.2, 0.25) is 0 Å². The molecule has 0 radical (unpaired) electrons. The number of thiophene rings is 1. The van der Waals surface area contributed by atoms with Gasteiger partial charge in [-0.25, -0.2) is 4.98 Å². The molecule has 2 N–H and O–H groups in total. The Morgan fingerprint density at radius 1 is 1.16 bits per heavy atom. The molecule has 3 rings (SSSR count). The van der Waals surface area contributed by atoms with Gasteiger partial charge >= 0.3 is 0 Å². The van der Waals surface area contributed by atoms with Gasteiger partial charge in [0, 0.05) is 17.0 Å². The number of thiazole rings is 1. The molecule has 0 atom stereocenters. The smallest absolute Gasteiger partial charge is 0.108 e. The van der Waals surface area contributed by atoms with Crippen molar-refractivity contribution in [1.29, 1.82) is 0 Å². The maximum Gasteiger partial charge on any atom is 0.108 e. The van der Waals surface area contributed by atoms with Crippen molar-refractivity contribution >= 4 is 22.7 Å². The predicted octanol–water partition coefficient (Wildman–Crippen LogP) is 4.31. The lowest BCUT2D eigenvalue weighted by Crippen LogP contribution is -1.94. The molecule has 0 spiro atoms. The minimum absolute atomic E-state index is 0.495. The van der Waals surface area contributed by atoms with Crippen LogP contribution < -0.4 is 5.73 Å². The van der Waals surface area contributed by atoms with Gasteiger partial charge in [0.25, 0.3) is 0 Å². The molecule has 0 bridgehead atoms. The summed E-state index contributed by atoms with van der Waals surface area (Å²) in [6.07, 6.45) is 0. The molecule has 0 aliphatic carbocycles. The summed E-state index contributed by atoms with van der Waals surface area (Å²) in [6.45, 7) is 2.62. The SMILES string of the molecule is Cc1ccccc1-c1nc(CN)sc1-c1cccs1. The molecule has 1 aromatic carbocycles. The predicted molar refractivity (Wildman–Crippen MR) is 83.5 cm³/mol. The summed E-state index contributed by atoms with van der Waals surface area (Å²) in [6, 6.07) is 12.6. The molecular formula is C15H14N2S2. The molecule has 2 nitrogen and oxygen atoms in total. The Hall–Kier alpha value is -1.49. The molecule has 0 saturated heterocycles. The lowest BCUT2D eigenvalue weighted by molar-refractivity contribution is 1.04. The van der Waals surface area contributed by atoms with Crippen LogP contribution in [0.25, 0.3) is 21.0 Å². The molecule has 3 aromatic rings. The van der Waals surface area contributed by atoms with Crippen LogP contribution in [0.3, 0.4) is 0 Å². The number of rotatable bonds is 3. The van der Waals surface area contributed by atoms with E-state index >= 15 is 0 Å². The van der Waals surface area contributed by atoms with Gasteiger partial charge in [0.15, 0.2) is 0 Å². The van der Waals surface area contributed by atoms with E-state index in [2.05, 4.69) is 48.7 Å². The van der Waals surface area contributed by atoms with E-state index in [0.717, 1.165) is 10.7 Å². The van der Waals surface area contributed by atoms with E-state index in [1.807, 2.05) is 0 Å². The molecule has 0 amide bonds. The first kappa shape index (κ1) is 12.5. The van der Waals surface area contributed by atoms with Crippen molar-refractivity contribution in [1.82, 2.24) is 4.98 Å². The minimum atomic E-state index is 0.495. The summed E-state index contributed by atoms with van der Waals surface area (Å²) in [7, 11) is 0. The zero-order valence-electron chi connectivity index (χ0n) is 10.6. The van der Waals surface area contributed by atoms with Gasteiger partial charge in [-0.05, 0) is 23.9 Å². The highest BCUT2D eigenvalue weighted by molar-refractivity contribution is 7.21. The van der Waals surface area contributed by atoms with Crippen LogP contribution >= 0.6 is 22.7 Å². The first-order valence-corrected chi connectivity index (χ1v) is 7.79. The Labute approximate surface area is 120 Å². The Bertz CT molecular complexity index is 684. The summed E-state index contributed by atoms with van der Waals surface area (Å²) in [5, 5.41) is 3.08. The highest BCUT2D eigenvalue weighted by Crippen LogP contribution is 2.39. The fraction of sp³-hybridized carbons (Fsp3) is 0.133. The van der Waals surface area contributed by atoms with Gasteiger partial charge < -0.3 is 5.73 Å². The van der Waals surface area contributed by atoms with Gasteiger partial charge in [-0.15, -0.1) is 22.7 Å². The first-order chi connectivity index (χ1) is 9.29. The van der Waals surface area contributed by atoms with Crippen LogP contribution in [0.15, 0.2) is 41.8 Å². The molecule has 0 unspecified atom stereocenters. The first-order valence-electron chi connectivity index (χ1n) is 6.09. The number of benzene rings is 1. The number of aromatic nitrogens is 1. The topological polar surface area (TPSA) is 38.9 Å². The van der Waals surface area contributed by atoms with Gasteiger partial charge in [0.1, 0.15) is 5.01 Å². The van der Waals surface area contributed by atoms with Gasteiger partial charge in [-0.1, -0.05) is 30.3 Å². The molecule has 4 heteroatoms. The van der Waals surface area contributed by atoms with E-state index in [1.54, 1.807) is 22.7 Å². The van der Waals surface area contributed by atoms with Crippen molar-refractivity contribution in [2.24, 2.45) is 5.73 Å². The molecule has 0 saturated carbocycles. The van der Waals surface area contributed by atoms with E-state index in [0.29, 0.717) is 6.54 Å². The maximum absolute atomic E-state index is 5.75. The van der Waals surface area contributed by atoms with Crippen molar-refractivity contribution in [3.05, 3.63) is 52.3 Å². The lowest BCUT2D eigenvalue weighted by Gasteiger charge is -2.04. The normalized spacial score (nSPS) is 10.8. The number of aryl methyl sites for hydroxylation is 1. The van der Waals surface area contributed by atoms with Crippen LogP contribution in [0.2, 0.25) is 0 Å². The highest BCUT2D eigenvalue weighted by Gasteiger charge is 2.16. The second-order valence-corrected chi connectivity index (χ2v) is 6.31. The van der Waals surface area contributed by atoms with Crippen molar-refractivity contribution in [2.75, 3.05) is 0 Å². The maximum atomic E-state index is 5.75. The molecule has 2 heterocycles. The van der Waals surface area contributed by atoms with Gasteiger partial charge in [0.05, 0.1) is 10.6 Å².